The minimum absolute atomic E-state index is 0.0381. The van der Waals surface area contributed by atoms with E-state index in [9.17, 15) is 0 Å². The maximum Gasteiger partial charge on any atom is 0.100 e. The fraction of sp³-hybridized carbons (Fsp3) is 0.273. The van der Waals surface area contributed by atoms with E-state index >= 15 is 0 Å². The van der Waals surface area contributed by atoms with Crippen LogP contribution in [0.2, 0.25) is 0 Å². The normalized spacial score (nSPS) is 12.4. The first-order chi connectivity index (χ1) is 5.88. The van der Waals surface area contributed by atoms with Crippen molar-refractivity contribution in [1.29, 1.82) is 0 Å². The Bertz CT molecular complexity index is 228. The minimum atomic E-state index is 0.0381. The van der Waals surface area contributed by atoms with Crippen molar-refractivity contribution in [2.45, 2.75) is 13.0 Å². The van der Waals surface area contributed by atoms with Crippen molar-refractivity contribution in [2.24, 2.45) is 0 Å². The molecule has 0 unspecified atom stereocenters. The van der Waals surface area contributed by atoms with Gasteiger partial charge in [0.05, 0.1) is 0 Å². The van der Waals surface area contributed by atoms with Gasteiger partial charge in [0.1, 0.15) is 6.10 Å². The van der Waals surface area contributed by atoms with Crippen molar-refractivity contribution in [2.75, 3.05) is 6.61 Å². The quantitative estimate of drug-likeness (QED) is 0.618. The Hall–Kier alpha value is -1.08. The van der Waals surface area contributed by atoms with Gasteiger partial charge in [-0.1, -0.05) is 36.4 Å². The van der Waals surface area contributed by atoms with Crippen LogP contribution in [0.15, 0.2) is 43.0 Å². The van der Waals surface area contributed by atoms with E-state index in [2.05, 4.69) is 6.58 Å². The number of hydrogen-bond acceptors (Lipinski definition) is 1. The summed E-state index contributed by atoms with van der Waals surface area (Å²) in [4.78, 5) is 0. The van der Waals surface area contributed by atoms with Crippen LogP contribution < -0.4 is 0 Å². The summed E-state index contributed by atoms with van der Waals surface area (Å²) in [6.07, 6.45) is 1.86. The van der Waals surface area contributed by atoms with E-state index in [-0.39, 0.29) is 6.10 Å². The fourth-order valence-corrected chi connectivity index (χ4v) is 1.12. The third-order valence-corrected chi connectivity index (χ3v) is 1.69. The number of benzene rings is 1. The summed E-state index contributed by atoms with van der Waals surface area (Å²) in [6, 6.07) is 10.1. The first kappa shape index (κ1) is 9.01. The molecule has 12 heavy (non-hydrogen) atoms. The molecule has 0 saturated carbocycles. The second kappa shape index (κ2) is 4.73. The predicted molar refractivity (Wildman–Crippen MR) is 51.0 cm³/mol. The maximum atomic E-state index is 5.46. The molecule has 0 aromatic heterocycles. The van der Waals surface area contributed by atoms with Gasteiger partial charge < -0.3 is 4.74 Å². The molecular weight excluding hydrogens is 148 g/mol. The molecule has 0 aliphatic carbocycles. The lowest BCUT2D eigenvalue weighted by atomic mass is 10.1. The molecule has 0 N–H and O–H groups in total. The second-order valence-corrected chi connectivity index (χ2v) is 2.52. The molecule has 1 rings (SSSR count). The smallest absolute Gasteiger partial charge is 0.100 e. The van der Waals surface area contributed by atoms with Gasteiger partial charge in [-0.05, 0) is 12.5 Å². The average Bonchev–Trinajstić information content (AvgIpc) is 2.15. The van der Waals surface area contributed by atoms with Crippen LogP contribution in [0.5, 0.6) is 0 Å². The van der Waals surface area contributed by atoms with E-state index in [4.69, 9.17) is 4.74 Å². The lowest BCUT2D eigenvalue weighted by Gasteiger charge is -2.11. The van der Waals surface area contributed by atoms with Gasteiger partial charge in [0.2, 0.25) is 0 Å². The molecular formula is C11H14O. The van der Waals surface area contributed by atoms with Crippen LogP contribution in [-0.2, 0) is 4.74 Å². The molecule has 0 aliphatic rings. The third-order valence-electron chi connectivity index (χ3n) is 1.69. The Morgan fingerprint density at radius 3 is 2.58 bits per heavy atom. The summed E-state index contributed by atoms with van der Waals surface area (Å²) < 4.78 is 5.46. The molecule has 0 saturated heterocycles. The summed E-state index contributed by atoms with van der Waals surface area (Å²) in [5, 5.41) is 0. The molecule has 1 heteroatoms. The average molecular weight is 162 g/mol. The van der Waals surface area contributed by atoms with Gasteiger partial charge in [-0.3, -0.25) is 0 Å². The maximum absolute atomic E-state index is 5.46. The summed E-state index contributed by atoms with van der Waals surface area (Å²) in [6.45, 7) is 6.43. The van der Waals surface area contributed by atoms with Crippen molar-refractivity contribution in [3.63, 3.8) is 0 Å². The van der Waals surface area contributed by atoms with Gasteiger partial charge in [-0.2, -0.15) is 0 Å². The van der Waals surface area contributed by atoms with Gasteiger partial charge in [-0.15, -0.1) is 6.58 Å². The first-order valence-corrected chi connectivity index (χ1v) is 4.17. The minimum Gasteiger partial charge on any atom is -0.370 e. The van der Waals surface area contributed by atoms with Crippen LogP contribution in [0.1, 0.15) is 18.6 Å². The lowest BCUT2D eigenvalue weighted by molar-refractivity contribution is 0.0970. The molecule has 0 amide bonds. The molecule has 0 spiro atoms. The van der Waals surface area contributed by atoms with E-state index in [0.717, 1.165) is 5.56 Å². The molecule has 0 fully saturated rings. The Kier molecular flexibility index (Phi) is 3.55. The predicted octanol–water partition coefficient (Wildman–Crippen LogP) is 2.95. The number of hydrogen-bond donors (Lipinski definition) is 0. The van der Waals surface area contributed by atoms with Crippen molar-refractivity contribution in [3.8, 4) is 0 Å². The largest absolute Gasteiger partial charge is 0.370 e. The zero-order valence-electron chi connectivity index (χ0n) is 7.36. The lowest BCUT2D eigenvalue weighted by Crippen LogP contribution is -1.99. The highest BCUT2D eigenvalue weighted by atomic mass is 16.5. The van der Waals surface area contributed by atoms with Gasteiger partial charge in [0.15, 0.2) is 0 Å². The van der Waals surface area contributed by atoms with Crippen LogP contribution in [0.4, 0.5) is 0 Å². The van der Waals surface area contributed by atoms with Gasteiger partial charge in [-0.25, -0.2) is 0 Å². The topological polar surface area (TPSA) is 9.23 Å². The van der Waals surface area contributed by atoms with E-state index in [1.165, 1.54) is 0 Å². The zero-order valence-corrected chi connectivity index (χ0v) is 7.36. The monoisotopic (exact) mass is 162 g/mol. The molecule has 0 bridgehead atoms. The van der Waals surface area contributed by atoms with Crippen molar-refractivity contribution in [1.82, 2.24) is 0 Å². The summed E-state index contributed by atoms with van der Waals surface area (Å²) in [5.74, 6) is 0. The third kappa shape index (κ3) is 2.21. The van der Waals surface area contributed by atoms with E-state index in [1.807, 2.05) is 43.3 Å². The Morgan fingerprint density at radius 1 is 1.42 bits per heavy atom. The number of ether oxygens (including phenoxy) is 1. The zero-order chi connectivity index (χ0) is 8.81. The summed E-state index contributed by atoms with van der Waals surface area (Å²) in [7, 11) is 0. The molecule has 1 aromatic carbocycles. The Morgan fingerprint density at radius 2 is 2.08 bits per heavy atom. The summed E-state index contributed by atoms with van der Waals surface area (Å²) >= 11 is 0. The van der Waals surface area contributed by atoms with Crippen LogP contribution >= 0.6 is 0 Å². The highest BCUT2D eigenvalue weighted by Crippen LogP contribution is 2.17. The van der Waals surface area contributed by atoms with E-state index in [0.29, 0.717) is 6.61 Å². The highest BCUT2D eigenvalue weighted by molar-refractivity contribution is 5.20. The van der Waals surface area contributed by atoms with Crippen LogP contribution in [0.25, 0.3) is 0 Å². The van der Waals surface area contributed by atoms with Gasteiger partial charge in [0.25, 0.3) is 0 Å². The van der Waals surface area contributed by atoms with Crippen LogP contribution in [0.3, 0.4) is 0 Å². The molecule has 1 atom stereocenters. The van der Waals surface area contributed by atoms with E-state index in [1.54, 1.807) is 0 Å². The van der Waals surface area contributed by atoms with Crippen molar-refractivity contribution in [3.05, 3.63) is 48.6 Å². The SMILES string of the molecule is C=C[C@H](OCC)c1ccccc1. The Labute approximate surface area is 73.7 Å². The molecule has 1 nitrogen and oxygen atoms in total. The fourth-order valence-electron chi connectivity index (χ4n) is 1.12. The molecule has 0 radical (unpaired) electrons. The summed E-state index contributed by atoms with van der Waals surface area (Å²) in [5.41, 5.74) is 1.16. The van der Waals surface area contributed by atoms with Crippen molar-refractivity contribution < 1.29 is 4.74 Å². The highest BCUT2D eigenvalue weighted by Gasteiger charge is 2.04. The van der Waals surface area contributed by atoms with Gasteiger partial charge in [0, 0.05) is 6.61 Å². The molecule has 1 aromatic rings. The second-order valence-electron chi connectivity index (χ2n) is 2.52. The number of rotatable bonds is 4. The van der Waals surface area contributed by atoms with E-state index < -0.39 is 0 Å². The first-order valence-electron chi connectivity index (χ1n) is 4.17. The molecule has 64 valence electrons. The van der Waals surface area contributed by atoms with Crippen LogP contribution in [0, 0.1) is 0 Å². The standard InChI is InChI=1S/C11H14O/c1-3-11(12-4-2)10-8-6-5-7-9-10/h3,5-9,11H,1,4H2,2H3/t11-/m0/s1. The molecule has 0 heterocycles. The van der Waals surface area contributed by atoms with Crippen molar-refractivity contribution >= 4 is 0 Å². The Balaban J connectivity index is 2.73. The van der Waals surface area contributed by atoms with Crippen LogP contribution in [-0.4, -0.2) is 6.61 Å². The molecule has 0 aliphatic heterocycles. The van der Waals surface area contributed by atoms with Gasteiger partial charge >= 0.3 is 0 Å².